The Bertz CT molecular complexity index is 499. The van der Waals surface area contributed by atoms with Crippen LogP contribution in [0.3, 0.4) is 0 Å². The molecule has 1 aromatic rings. The normalized spacial score (nSPS) is 10.7. The van der Waals surface area contributed by atoms with E-state index in [0.29, 0.717) is 24.8 Å². The molecule has 0 fully saturated rings. The minimum atomic E-state index is -0.296. The average Bonchev–Trinajstić information content (AvgIpc) is 2.44. The minimum absolute atomic E-state index is 0.0731. The van der Waals surface area contributed by atoms with Crippen molar-refractivity contribution < 1.29 is 9.53 Å². The first kappa shape index (κ1) is 17.2. The number of nitrogens with one attached hydrogen (secondary N) is 2. The van der Waals surface area contributed by atoms with Gasteiger partial charge in [0.15, 0.2) is 0 Å². The first-order valence-corrected chi connectivity index (χ1v) is 7.09. The predicted molar refractivity (Wildman–Crippen MR) is 81.3 cm³/mol. The first-order chi connectivity index (χ1) is 10.0. The van der Waals surface area contributed by atoms with Gasteiger partial charge in [0.05, 0.1) is 11.9 Å². The molecule has 0 aliphatic carbocycles. The van der Waals surface area contributed by atoms with Crippen LogP contribution < -0.4 is 16.2 Å². The zero-order valence-electron chi connectivity index (χ0n) is 12.9. The van der Waals surface area contributed by atoms with Crippen LogP contribution in [0.2, 0.25) is 0 Å². The number of anilines is 1. The number of ether oxygens (including phenoxy) is 1. The number of carbonyl (C=O) groups is 1. The summed E-state index contributed by atoms with van der Waals surface area (Å²) >= 11 is 0. The maximum absolute atomic E-state index is 11.9. The summed E-state index contributed by atoms with van der Waals surface area (Å²) in [5.41, 5.74) is 0.376. The van der Waals surface area contributed by atoms with E-state index in [1.54, 1.807) is 13.3 Å². The van der Waals surface area contributed by atoms with Crippen molar-refractivity contribution in [2.24, 2.45) is 5.92 Å². The monoisotopic (exact) mass is 296 g/mol. The van der Waals surface area contributed by atoms with Gasteiger partial charge in [-0.15, -0.1) is 0 Å². The summed E-state index contributed by atoms with van der Waals surface area (Å²) < 4.78 is 6.03. The van der Waals surface area contributed by atoms with E-state index in [-0.39, 0.29) is 18.0 Å². The summed E-state index contributed by atoms with van der Waals surface area (Å²) in [6, 6.07) is 1.45. The second-order valence-corrected chi connectivity index (χ2v) is 5.21. The van der Waals surface area contributed by atoms with Crippen LogP contribution in [-0.2, 0) is 16.1 Å². The van der Waals surface area contributed by atoms with Crippen LogP contribution in [-0.4, -0.2) is 42.5 Å². The Morgan fingerprint density at radius 2 is 2.24 bits per heavy atom. The third-order valence-corrected chi connectivity index (χ3v) is 2.72. The number of methoxy groups -OCH3 is 1. The Hall–Kier alpha value is -1.89. The Labute approximate surface area is 124 Å². The molecule has 118 valence electrons. The lowest BCUT2D eigenvalue weighted by Gasteiger charge is -2.10. The number of nitrogens with zero attached hydrogens (tertiary/aromatic N) is 2. The summed E-state index contributed by atoms with van der Waals surface area (Å²) in [5.74, 6) is 0.244. The molecule has 1 heterocycles. The van der Waals surface area contributed by atoms with Gasteiger partial charge >= 0.3 is 0 Å². The lowest BCUT2D eigenvalue weighted by Crippen LogP contribution is -2.34. The van der Waals surface area contributed by atoms with E-state index < -0.39 is 0 Å². The lowest BCUT2D eigenvalue weighted by molar-refractivity contribution is -0.121. The molecule has 0 saturated carbocycles. The van der Waals surface area contributed by atoms with E-state index >= 15 is 0 Å². The molecule has 21 heavy (non-hydrogen) atoms. The van der Waals surface area contributed by atoms with Gasteiger partial charge in [-0.25, -0.2) is 4.68 Å². The van der Waals surface area contributed by atoms with Crippen molar-refractivity contribution in [3.63, 3.8) is 0 Å². The number of hydrogen-bond acceptors (Lipinski definition) is 5. The molecule has 1 rings (SSSR count). The van der Waals surface area contributed by atoms with Crippen molar-refractivity contribution in [3.05, 3.63) is 22.6 Å². The average molecular weight is 296 g/mol. The Morgan fingerprint density at radius 3 is 2.86 bits per heavy atom. The number of rotatable bonds is 9. The van der Waals surface area contributed by atoms with Crippen LogP contribution in [0.4, 0.5) is 5.69 Å². The zero-order valence-corrected chi connectivity index (χ0v) is 12.9. The van der Waals surface area contributed by atoms with Crippen LogP contribution in [0.5, 0.6) is 0 Å². The zero-order chi connectivity index (χ0) is 15.7. The Balaban J connectivity index is 2.48. The van der Waals surface area contributed by atoms with Gasteiger partial charge in [0, 0.05) is 32.9 Å². The molecule has 0 spiro atoms. The summed E-state index contributed by atoms with van der Waals surface area (Å²) in [6.45, 7) is 5.97. The predicted octanol–water partition coefficient (Wildman–Crippen LogP) is 0.464. The molecule has 0 aromatic carbocycles. The highest BCUT2D eigenvalue weighted by Crippen LogP contribution is 2.01. The molecule has 7 nitrogen and oxygen atoms in total. The Morgan fingerprint density at radius 1 is 1.48 bits per heavy atom. The van der Waals surface area contributed by atoms with E-state index in [1.165, 1.54) is 6.07 Å². The Kier molecular flexibility index (Phi) is 7.45. The number of aromatic nitrogens is 2. The fraction of sp³-hybridized carbons (Fsp3) is 0.643. The van der Waals surface area contributed by atoms with Gasteiger partial charge < -0.3 is 15.4 Å². The first-order valence-electron chi connectivity index (χ1n) is 7.09. The molecule has 0 radical (unpaired) electrons. The molecule has 0 unspecified atom stereocenters. The lowest BCUT2D eigenvalue weighted by atomic mass is 10.2. The van der Waals surface area contributed by atoms with Crippen molar-refractivity contribution >= 4 is 11.6 Å². The van der Waals surface area contributed by atoms with Gasteiger partial charge in [-0.3, -0.25) is 9.59 Å². The fourth-order valence-electron chi connectivity index (χ4n) is 1.61. The minimum Gasteiger partial charge on any atom is -0.385 e. The summed E-state index contributed by atoms with van der Waals surface area (Å²) in [7, 11) is 1.61. The number of hydrogen-bond donors (Lipinski definition) is 2. The number of amides is 1. The van der Waals surface area contributed by atoms with Gasteiger partial charge in [0.25, 0.3) is 5.56 Å². The van der Waals surface area contributed by atoms with Gasteiger partial charge in [0.2, 0.25) is 5.91 Å². The van der Waals surface area contributed by atoms with Crippen molar-refractivity contribution in [2.75, 3.05) is 32.1 Å². The SMILES string of the molecule is COCCCNC(=O)Cn1ncc(NCC(C)C)cc1=O. The van der Waals surface area contributed by atoms with Crippen molar-refractivity contribution in [1.29, 1.82) is 0 Å². The van der Waals surface area contributed by atoms with Crippen LogP contribution in [0.25, 0.3) is 0 Å². The topological polar surface area (TPSA) is 85.2 Å². The van der Waals surface area contributed by atoms with Crippen LogP contribution in [0, 0.1) is 5.92 Å². The molecule has 0 saturated heterocycles. The van der Waals surface area contributed by atoms with E-state index in [4.69, 9.17) is 4.74 Å². The standard InChI is InChI=1S/C14H24N4O3/c1-11(2)8-16-12-7-14(20)18(17-9-12)10-13(19)15-5-4-6-21-3/h7,9,11,16H,4-6,8,10H2,1-3H3,(H,15,19). The van der Waals surface area contributed by atoms with Crippen LogP contribution in [0.1, 0.15) is 20.3 Å². The molecular weight excluding hydrogens is 272 g/mol. The molecule has 0 aliphatic rings. The molecule has 7 heteroatoms. The fourth-order valence-corrected chi connectivity index (χ4v) is 1.61. The van der Waals surface area contributed by atoms with Gasteiger partial charge in [0.1, 0.15) is 6.54 Å². The van der Waals surface area contributed by atoms with Crippen LogP contribution >= 0.6 is 0 Å². The second kappa shape index (κ2) is 9.12. The largest absolute Gasteiger partial charge is 0.385 e. The second-order valence-electron chi connectivity index (χ2n) is 5.21. The summed E-state index contributed by atoms with van der Waals surface area (Å²) in [4.78, 5) is 23.5. The maximum Gasteiger partial charge on any atom is 0.269 e. The van der Waals surface area contributed by atoms with E-state index in [1.807, 2.05) is 0 Å². The van der Waals surface area contributed by atoms with Gasteiger partial charge in [-0.2, -0.15) is 5.10 Å². The van der Waals surface area contributed by atoms with Crippen molar-refractivity contribution in [1.82, 2.24) is 15.1 Å². The van der Waals surface area contributed by atoms with Gasteiger partial charge in [-0.05, 0) is 12.3 Å². The molecule has 0 atom stereocenters. The van der Waals surface area contributed by atoms with E-state index in [2.05, 4.69) is 29.6 Å². The third-order valence-electron chi connectivity index (χ3n) is 2.72. The van der Waals surface area contributed by atoms with Crippen molar-refractivity contribution in [3.8, 4) is 0 Å². The quantitative estimate of drug-likeness (QED) is 0.647. The molecule has 1 aromatic heterocycles. The highest BCUT2D eigenvalue weighted by Gasteiger charge is 2.06. The van der Waals surface area contributed by atoms with Crippen molar-refractivity contribution in [2.45, 2.75) is 26.8 Å². The van der Waals surface area contributed by atoms with Crippen LogP contribution in [0.15, 0.2) is 17.1 Å². The third kappa shape index (κ3) is 6.89. The molecule has 2 N–H and O–H groups in total. The highest BCUT2D eigenvalue weighted by atomic mass is 16.5. The van der Waals surface area contributed by atoms with E-state index in [0.717, 1.165) is 17.6 Å². The smallest absolute Gasteiger partial charge is 0.269 e. The molecule has 1 amide bonds. The maximum atomic E-state index is 11.9. The molecule has 0 aliphatic heterocycles. The summed E-state index contributed by atoms with van der Waals surface area (Å²) in [6.07, 6.45) is 2.30. The van der Waals surface area contributed by atoms with E-state index in [9.17, 15) is 9.59 Å². The molecule has 0 bridgehead atoms. The van der Waals surface area contributed by atoms with Gasteiger partial charge in [-0.1, -0.05) is 13.8 Å². The molecular formula is C14H24N4O3. The number of carbonyl (C=O) groups excluding carboxylic acids is 1. The summed E-state index contributed by atoms with van der Waals surface area (Å²) in [5, 5.41) is 9.83. The highest BCUT2D eigenvalue weighted by molar-refractivity contribution is 5.75.